The third-order valence-corrected chi connectivity index (χ3v) is 6.13. The third-order valence-electron chi connectivity index (χ3n) is 6.13. The summed E-state index contributed by atoms with van der Waals surface area (Å²) >= 11 is 0. The van der Waals surface area contributed by atoms with Gasteiger partial charge in [0.1, 0.15) is 0 Å². The molecule has 1 heterocycles. The van der Waals surface area contributed by atoms with Crippen molar-refractivity contribution in [2.75, 3.05) is 4.90 Å². The lowest BCUT2D eigenvalue weighted by molar-refractivity contribution is -0.124. The Kier molecular flexibility index (Phi) is 2.23. The number of aryl methyl sites for hydroxylation is 2. The first-order valence-electron chi connectivity index (χ1n) is 8.20. The van der Waals surface area contributed by atoms with E-state index in [4.69, 9.17) is 0 Å². The minimum absolute atomic E-state index is 0.0321. The highest BCUT2D eigenvalue weighted by atomic mass is 16.2. The average Bonchev–Trinajstić information content (AvgIpc) is 3.23. The van der Waals surface area contributed by atoms with Crippen LogP contribution in [0, 0.1) is 49.4 Å². The monoisotopic (exact) mass is 293 g/mol. The van der Waals surface area contributed by atoms with Crippen LogP contribution in [0.4, 0.5) is 5.69 Å². The minimum atomic E-state index is -0.105. The van der Waals surface area contributed by atoms with Crippen LogP contribution in [0.2, 0.25) is 0 Å². The molecule has 0 spiro atoms. The van der Waals surface area contributed by atoms with Gasteiger partial charge in [-0.1, -0.05) is 18.2 Å². The molecule has 3 nitrogen and oxygen atoms in total. The van der Waals surface area contributed by atoms with Crippen LogP contribution in [-0.4, -0.2) is 11.8 Å². The molecule has 3 fully saturated rings. The summed E-state index contributed by atoms with van der Waals surface area (Å²) in [5, 5.41) is 0. The molecule has 22 heavy (non-hydrogen) atoms. The first-order valence-corrected chi connectivity index (χ1v) is 8.20. The smallest absolute Gasteiger partial charge is 0.238 e. The molecule has 1 aromatic carbocycles. The van der Waals surface area contributed by atoms with Gasteiger partial charge in [0.05, 0.1) is 17.5 Å². The number of amides is 2. The topological polar surface area (TPSA) is 37.4 Å². The lowest BCUT2D eigenvalue weighted by Crippen LogP contribution is -2.40. The molecule has 6 atom stereocenters. The highest BCUT2D eigenvalue weighted by molar-refractivity contribution is 6.22. The fourth-order valence-electron chi connectivity index (χ4n) is 5.29. The van der Waals surface area contributed by atoms with Gasteiger partial charge in [-0.15, -0.1) is 0 Å². The van der Waals surface area contributed by atoms with Crippen LogP contribution >= 0.6 is 0 Å². The van der Waals surface area contributed by atoms with Crippen molar-refractivity contribution < 1.29 is 9.59 Å². The number of hydrogen-bond donors (Lipinski definition) is 0. The van der Waals surface area contributed by atoms with Crippen LogP contribution in [0.3, 0.4) is 0 Å². The third kappa shape index (κ3) is 1.42. The maximum atomic E-state index is 13.0. The van der Waals surface area contributed by atoms with Gasteiger partial charge in [-0.3, -0.25) is 9.59 Å². The summed E-state index contributed by atoms with van der Waals surface area (Å²) in [7, 11) is 0. The van der Waals surface area contributed by atoms with E-state index in [0.29, 0.717) is 23.7 Å². The van der Waals surface area contributed by atoms with Crippen LogP contribution in [-0.2, 0) is 9.59 Å². The van der Waals surface area contributed by atoms with E-state index in [1.807, 2.05) is 26.0 Å². The fourth-order valence-corrected chi connectivity index (χ4v) is 5.29. The molecular formula is C19H19NO2. The van der Waals surface area contributed by atoms with Gasteiger partial charge in [0.15, 0.2) is 0 Å². The number of benzene rings is 1. The van der Waals surface area contributed by atoms with Crippen LogP contribution in [0.5, 0.6) is 0 Å². The van der Waals surface area contributed by atoms with Gasteiger partial charge in [0.25, 0.3) is 0 Å². The summed E-state index contributed by atoms with van der Waals surface area (Å²) < 4.78 is 0. The lowest BCUT2D eigenvalue weighted by atomic mass is 9.63. The van der Waals surface area contributed by atoms with Gasteiger partial charge >= 0.3 is 0 Å². The summed E-state index contributed by atoms with van der Waals surface area (Å²) in [6, 6.07) is 5.98. The van der Waals surface area contributed by atoms with Crippen LogP contribution in [0.15, 0.2) is 30.4 Å². The molecule has 3 heteroatoms. The molecule has 4 aliphatic carbocycles. The van der Waals surface area contributed by atoms with Gasteiger partial charge in [-0.25, -0.2) is 4.90 Å². The number of imide groups is 1. The Morgan fingerprint density at radius 3 is 1.86 bits per heavy atom. The van der Waals surface area contributed by atoms with Crippen LogP contribution in [0.25, 0.3) is 0 Å². The van der Waals surface area contributed by atoms with Crippen molar-refractivity contribution in [1.82, 2.24) is 0 Å². The summed E-state index contributed by atoms with van der Waals surface area (Å²) in [6.45, 7) is 4.02. The van der Waals surface area contributed by atoms with E-state index in [9.17, 15) is 9.59 Å². The zero-order chi connectivity index (χ0) is 15.2. The summed E-state index contributed by atoms with van der Waals surface area (Å²) in [4.78, 5) is 27.5. The second-order valence-corrected chi connectivity index (χ2v) is 7.51. The first-order chi connectivity index (χ1) is 10.6. The van der Waals surface area contributed by atoms with E-state index in [-0.39, 0.29) is 23.7 Å². The van der Waals surface area contributed by atoms with E-state index < -0.39 is 0 Å². The molecule has 2 bridgehead atoms. The van der Waals surface area contributed by atoms with E-state index in [0.717, 1.165) is 16.8 Å². The SMILES string of the molecule is Cc1cc(C)cc(N2C(=O)[C@@H]3[C@H]4C=C[C@@H]([C@@H]5C[C@@H]45)[C@@H]3C2=O)c1. The minimum Gasteiger partial charge on any atom is -0.274 e. The van der Waals surface area contributed by atoms with E-state index >= 15 is 0 Å². The molecule has 2 amide bonds. The largest absolute Gasteiger partial charge is 0.274 e. The van der Waals surface area contributed by atoms with E-state index in [1.54, 1.807) is 0 Å². The predicted octanol–water partition coefficient (Wildman–Crippen LogP) is 2.86. The highest BCUT2D eigenvalue weighted by Gasteiger charge is 2.67. The molecule has 0 N–H and O–H groups in total. The van der Waals surface area contributed by atoms with Crippen molar-refractivity contribution in [2.45, 2.75) is 20.3 Å². The number of nitrogens with zero attached hydrogens (tertiary/aromatic N) is 1. The molecule has 5 aliphatic rings. The number of carbonyl (C=O) groups excluding carboxylic acids is 2. The van der Waals surface area contributed by atoms with E-state index in [2.05, 4.69) is 18.2 Å². The molecule has 0 aromatic heterocycles. The molecule has 112 valence electrons. The zero-order valence-electron chi connectivity index (χ0n) is 12.8. The highest BCUT2D eigenvalue weighted by Crippen LogP contribution is 2.65. The van der Waals surface area contributed by atoms with Crippen molar-refractivity contribution in [1.29, 1.82) is 0 Å². The number of allylic oxidation sites excluding steroid dienone is 2. The average molecular weight is 293 g/mol. The molecular weight excluding hydrogens is 274 g/mol. The standard InChI is InChI=1S/C19H19NO2/c1-9-5-10(2)7-11(6-9)20-18(21)16-12-3-4-13(15-8-14(12)15)17(16)19(20)22/h3-7,12-17H,8H2,1-2H3/t12-,13-,14-,15-,16-,17+/m0/s1. The number of anilines is 1. The normalized spacial score (nSPS) is 40.9. The van der Waals surface area contributed by atoms with Crippen LogP contribution < -0.4 is 4.90 Å². The number of hydrogen-bond acceptors (Lipinski definition) is 2. The summed E-state index contributed by atoms with van der Waals surface area (Å²) in [6.07, 6.45) is 5.64. The maximum absolute atomic E-state index is 13.0. The molecule has 1 saturated heterocycles. The van der Waals surface area contributed by atoms with Crippen molar-refractivity contribution >= 4 is 17.5 Å². The predicted molar refractivity (Wildman–Crippen MR) is 83.1 cm³/mol. The van der Waals surface area contributed by atoms with Crippen molar-refractivity contribution in [3.63, 3.8) is 0 Å². The maximum Gasteiger partial charge on any atom is 0.238 e. The Morgan fingerprint density at radius 1 is 0.864 bits per heavy atom. The Bertz CT molecular complexity index is 694. The summed E-state index contributed by atoms with van der Waals surface area (Å²) in [5.74, 6) is 1.77. The van der Waals surface area contributed by atoms with Gasteiger partial charge in [0, 0.05) is 0 Å². The second kappa shape index (κ2) is 3.89. The first kappa shape index (κ1) is 12.6. The Hall–Kier alpha value is -1.90. The molecule has 2 saturated carbocycles. The van der Waals surface area contributed by atoms with Gasteiger partial charge in [-0.2, -0.15) is 0 Å². The quantitative estimate of drug-likeness (QED) is 0.590. The lowest BCUT2D eigenvalue weighted by Gasteiger charge is -2.37. The number of carbonyl (C=O) groups is 2. The van der Waals surface area contributed by atoms with Crippen molar-refractivity contribution in [2.24, 2.45) is 35.5 Å². The van der Waals surface area contributed by atoms with Crippen molar-refractivity contribution in [3.05, 3.63) is 41.5 Å². The molecule has 6 rings (SSSR count). The van der Waals surface area contributed by atoms with Gasteiger partial charge < -0.3 is 0 Å². The summed E-state index contributed by atoms with van der Waals surface area (Å²) in [5.41, 5.74) is 2.94. The van der Waals surface area contributed by atoms with E-state index in [1.165, 1.54) is 11.3 Å². The Balaban J connectivity index is 1.60. The molecule has 1 aliphatic heterocycles. The molecule has 0 unspecified atom stereocenters. The Labute approximate surface area is 130 Å². The van der Waals surface area contributed by atoms with Crippen LogP contribution in [0.1, 0.15) is 17.5 Å². The van der Waals surface area contributed by atoms with Crippen molar-refractivity contribution in [3.8, 4) is 0 Å². The molecule has 0 radical (unpaired) electrons. The number of rotatable bonds is 1. The fraction of sp³-hybridized carbons (Fsp3) is 0.474. The molecule has 1 aromatic rings. The second-order valence-electron chi connectivity index (χ2n) is 7.51. The van der Waals surface area contributed by atoms with Gasteiger partial charge in [0.2, 0.25) is 11.8 Å². The Morgan fingerprint density at radius 2 is 1.36 bits per heavy atom. The zero-order valence-corrected chi connectivity index (χ0v) is 12.8. The van der Waals surface area contributed by atoms with Gasteiger partial charge in [-0.05, 0) is 67.2 Å².